The normalized spacial score (nSPS) is 8.82. The van der Waals surface area contributed by atoms with Crippen LogP contribution in [0.25, 0.3) is 0 Å². The summed E-state index contributed by atoms with van der Waals surface area (Å²) in [6.45, 7) is 0. The Hall–Kier alpha value is -1.20. The predicted molar refractivity (Wildman–Crippen MR) is 45.7 cm³/mol. The summed E-state index contributed by atoms with van der Waals surface area (Å²) < 4.78 is 0. The van der Waals surface area contributed by atoms with Crippen LogP contribution in [-0.4, -0.2) is 7.05 Å². The maximum Gasteiger partial charge on any atom is 0.0992 e. The van der Waals surface area contributed by atoms with Crippen molar-refractivity contribution >= 4 is 17.3 Å². The van der Waals surface area contributed by atoms with Crippen LogP contribution in [0.4, 0.5) is 5.69 Å². The second kappa shape index (κ2) is 3.27. The highest BCUT2D eigenvalue weighted by Crippen LogP contribution is 2.21. The van der Waals surface area contributed by atoms with Gasteiger partial charge in [0.25, 0.3) is 0 Å². The SMILES string of the molecule is CNc1ccc(C#N)cc1Cl. The fraction of sp³-hybridized carbons (Fsp3) is 0.125. The van der Waals surface area contributed by atoms with E-state index in [-0.39, 0.29) is 0 Å². The first-order valence-electron chi connectivity index (χ1n) is 3.15. The van der Waals surface area contributed by atoms with Crippen molar-refractivity contribution in [2.75, 3.05) is 12.4 Å². The van der Waals surface area contributed by atoms with E-state index >= 15 is 0 Å². The molecule has 0 spiro atoms. The monoisotopic (exact) mass is 166 g/mol. The Balaban J connectivity index is 3.12. The first-order chi connectivity index (χ1) is 5.27. The third-order valence-corrected chi connectivity index (χ3v) is 1.68. The van der Waals surface area contributed by atoms with Gasteiger partial charge in [0.1, 0.15) is 0 Å². The van der Waals surface area contributed by atoms with Crippen LogP contribution in [0.3, 0.4) is 0 Å². The van der Waals surface area contributed by atoms with E-state index in [0.29, 0.717) is 10.6 Å². The van der Waals surface area contributed by atoms with E-state index in [1.807, 2.05) is 6.07 Å². The van der Waals surface area contributed by atoms with E-state index in [0.717, 1.165) is 5.69 Å². The lowest BCUT2D eigenvalue weighted by molar-refractivity contribution is 1.46. The third kappa shape index (κ3) is 1.63. The molecule has 0 bridgehead atoms. The molecule has 0 aliphatic rings. The number of hydrogen-bond acceptors (Lipinski definition) is 2. The Labute approximate surface area is 70.4 Å². The quantitative estimate of drug-likeness (QED) is 0.695. The average Bonchev–Trinajstić information content (AvgIpc) is 2.04. The van der Waals surface area contributed by atoms with E-state index in [9.17, 15) is 0 Å². The van der Waals surface area contributed by atoms with Gasteiger partial charge in [-0.25, -0.2) is 0 Å². The van der Waals surface area contributed by atoms with Crippen molar-refractivity contribution in [2.24, 2.45) is 0 Å². The van der Waals surface area contributed by atoms with Gasteiger partial charge in [-0.1, -0.05) is 11.6 Å². The number of nitrogens with zero attached hydrogens (tertiary/aromatic N) is 1. The number of rotatable bonds is 1. The van der Waals surface area contributed by atoms with Crippen LogP contribution in [0.5, 0.6) is 0 Å². The molecule has 0 unspecified atom stereocenters. The van der Waals surface area contributed by atoms with Gasteiger partial charge < -0.3 is 5.32 Å². The number of halogens is 1. The molecule has 0 aliphatic carbocycles. The minimum atomic E-state index is 0.576. The molecule has 0 atom stereocenters. The summed E-state index contributed by atoms with van der Waals surface area (Å²) in [7, 11) is 1.78. The lowest BCUT2D eigenvalue weighted by Crippen LogP contribution is -1.88. The smallest absolute Gasteiger partial charge is 0.0992 e. The zero-order chi connectivity index (χ0) is 8.27. The average molecular weight is 167 g/mol. The molecule has 1 N–H and O–H groups in total. The second-order valence-corrected chi connectivity index (χ2v) is 2.46. The number of anilines is 1. The van der Waals surface area contributed by atoms with Crippen LogP contribution in [0.15, 0.2) is 18.2 Å². The van der Waals surface area contributed by atoms with Gasteiger partial charge in [-0.05, 0) is 18.2 Å². The van der Waals surface area contributed by atoms with Crippen LogP contribution >= 0.6 is 11.6 Å². The van der Waals surface area contributed by atoms with Gasteiger partial charge in [0.2, 0.25) is 0 Å². The first-order valence-corrected chi connectivity index (χ1v) is 3.53. The lowest BCUT2D eigenvalue weighted by Gasteiger charge is -2.01. The van der Waals surface area contributed by atoms with Crippen molar-refractivity contribution in [1.29, 1.82) is 5.26 Å². The molecule has 0 saturated carbocycles. The predicted octanol–water partition coefficient (Wildman–Crippen LogP) is 2.25. The summed E-state index contributed by atoms with van der Waals surface area (Å²) in [5, 5.41) is 12.0. The highest BCUT2D eigenvalue weighted by molar-refractivity contribution is 6.33. The Morgan fingerprint density at radius 3 is 2.73 bits per heavy atom. The second-order valence-electron chi connectivity index (χ2n) is 2.06. The van der Waals surface area contributed by atoms with E-state index in [4.69, 9.17) is 16.9 Å². The minimum Gasteiger partial charge on any atom is -0.387 e. The van der Waals surface area contributed by atoms with Crippen molar-refractivity contribution in [3.63, 3.8) is 0 Å². The lowest BCUT2D eigenvalue weighted by atomic mass is 10.2. The molecule has 0 fully saturated rings. The van der Waals surface area contributed by atoms with Gasteiger partial charge in [-0.2, -0.15) is 5.26 Å². The van der Waals surface area contributed by atoms with E-state index in [1.54, 1.807) is 25.2 Å². The maximum atomic E-state index is 8.50. The molecule has 0 saturated heterocycles. The van der Waals surface area contributed by atoms with Crippen LogP contribution in [0, 0.1) is 11.3 Å². The number of nitrogens with one attached hydrogen (secondary N) is 1. The van der Waals surface area contributed by atoms with Gasteiger partial charge in [-0.3, -0.25) is 0 Å². The summed E-state index contributed by atoms with van der Waals surface area (Å²) >= 11 is 5.79. The Kier molecular flexibility index (Phi) is 2.35. The highest BCUT2D eigenvalue weighted by atomic mass is 35.5. The summed E-state index contributed by atoms with van der Waals surface area (Å²) in [4.78, 5) is 0. The van der Waals surface area contributed by atoms with Crippen molar-refractivity contribution in [3.05, 3.63) is 28.8 Å². The number of nitriles is 1. The molecular formula is C8H7ClN2. The molecule has 0 heterocycles. The summed E-state index contributed by atoms with van der Waals surface area (Å²) in [6.07, 6.45) is 0. The van der Waals surface area contributed by atoms with E-state index in [1.165, 1.54) is 0 Å². The number of benzene rings is 1. The van der Waals surface area contributed by atoms with Gasteiger partial charge >= 0.3 is 0 Å². The molecule has 1 aromatic rings. The molecule has 0 amide bonds. The van der Waals surface area contributed by atoms with Crippen LogP contribution < -0.4 is 5.32 Å². The fourth-order valence-electron chi connectivity index (χ4n) is 0.787. The van der Waals surface area contributed by atoms with Crippen molar-refractivity contribution in [1.82, 2.24) is 0 Å². The topological polar surface area (TPSA) is 35.8 Å². The molecule has 0 aliphatic heterocycles. The molecule has 11 heavy (non-hydrogen) atoms. The van der Waals surface area contributed by atoms with E-state index in [2.05, 4.69) is 5.32 Å². The summed E-state index contributed by atoms with van der Waals surface area (Å²) in [6, 6.07) is 7.14. The molecule has 1 rings (SSSR count). The van der Waals surface area contributed by atoms with Crippen LogP contribution in [0.1, 0.15) is 5.56 Å². The standard InChI is InChI=1S/C8H7ClN2/c1-11-8-3-2-6(5-10)4-7(8)9/h2-4,11H,1H3. The Morgan fingerprint density at radius 2 is 2.27 bits per heavy atom. The van der Waals surface area contributed by atoms with Crippen LogP contribution in [0.2, 0.25) is 5.02 Å². The first kappa shape index (κ1) is 7.90. The third-order valence-electron chi connectivity index (χ3n) is 1.37. The van der Waals surface area contributed by atoms with Crippen molar-refractivity contribution in [3.8, 4) is 6.07 Å². The van der Waals surface area contributed by atoms with Gasteiger partial charge in [0.15, 0.2) is 0 Å². The molecular weight excluding hydrogens is 160 g/mol. The van der Waals surface area contributed by atoms with Gasteiger partial charge in [0.05, 0.1) is 22.3 Å². The fourth-order valence-corrected chi connectivity index (χ4v) is 1.06. The van der Waals surface area contributed by atoms with Crippen molar-refractivity contribution < 1.29 is 0 Å². The highest BCUT2D eigenvalue weighted by Gasteiger charge is 1.97. The zero-order valence-electron chi connectivity index (χ0n) is 6.06. The largest absolute Gasteiger partial charge is 0.387 e. The molecule has 1 aromatic carbocycles. The molecule has 3 heteroatoms. The minimum absolute atomic E-state index is 0.576. The Morgan fingerprint density at radius 1 is 1.55 bits per heavy atom. The number of hydrogen-bond donors (Lipinski definition) is 1. The molecule has 0 radical (unpaired) electrons. The van der Waals surface area contributed by atoms with Crippen LogP contribution in [-0.2, 0) is 0 Å². The summed E-state index contributed by atoms with van der Waals surface area (Å²) in [5.41, 5.74) is 1.42. The Bertz CT molecular complexity index is 301. The van der Waals surface area contributed by atoms with Crippen molar-refractivity contribution in [2.45, 2.75) is 0 Å². The molecule has 0 aromatic heterocycles. The maximum absolute atomic E-state index is 8.50. The molecule has 56 valence electrons. The molecule has 2 nitrogen and oxygen atoms in total. The van der Waals surface area contributed by atoms with Gasteiger partial charge in [-0.15, -0.1) is 0 Å². The summed E-state index contributed by atoms with van der Waals surface area (Å²) in [5.74, 6) is 0. The van der Waals surface area contributed by atoms with E-state index < -0.39 is 0 Å². The zero-order valence-corrected chi connectivity index (χ0v) is 6.81. The van der Waals surface area contributed by atoms with Gasteiger partial charge in [0, 0.05) is 7.05 Å².